The standard InChI is InChI=1S/C24H26ClN5O3/c1-14(2)19-8-18(25)4-6-22(19)33-13-23(31)29-9-16-11-30(12-17(16)10-29)24(32)15-3-5-20-21(7-15)27-28-26-20/h3-8,14,16-17H,9-13H2,1-2H3,(H,26,27,28)/t16-,17-/m0/s1. The van der Waals surface area contributed by atoms with Crippen LogP contribution in [0.25, 0.3) is 11.0 Å². The molecule has 2 aliphatic rings. The van der Waals surface area contributed by atoms with Crippen LogP contribution in [0.15, 0.2) is 36.4 Å². The number of aromatic amines is 1. The third kappa shape index (κ3) is 4.27. The van der Waals surface area contributed by atoms with E-state index in [1.54, 1.807) is 18.2 Å². The molecule has 2 atom stereocenters. The summed E-state index contributed by atoms with van der Waals surface area (Å²) in [4.78, 5) is 29.6. The minimum Gasteiger partial charge on any atom is -0.483 e. The van der Waals surface area contributed by atoms with Crippen LogP contribution >= 0.6 is 11.6 Å². The van der Waals surface area contributed by atoms with E-state index in [-0.39, 0.29) is 36.2 Å². The van der Waals surface area contributed by atoms with Crippen molar-refractivity contribution in [1.82, 2.24) is 25.2 Å². The van der Waals surface area contributed by atoms with Crippen molar-refractivity contribution in [3.05, 3.63) is 52.5 Å². The number of amides is 2. The van der Waals surface area contributed by atoms with E-state index in [1.165, 1.54) is 0 Å². The number of nitrogens with zero attached hydrogens (tertiary/aromatic N) is 4. The van der Waals surface area contributed by atoms with Crippen LogP contribution in [-0.4, -0.2) is 69.8 Å². The summed E-state index contributed by atoms with van der Waals surface area (Å²) in [6.45, 7) is 6.74. The lowest BCUT2D eigenvalue weighted by molar-refractivity contribution is -0.132. The monoisotopic (exact) mass is 467 g/mol. The Morgan fingerprint density at radius 2 is 1.82 bits per heavy atom. The lowest BCUT2D eigenvalue weighted by atomic mass is 10.0. The van der Waals surface area contributed by atoms with Gasteiger partial charge < -0.3 is 14.5 Å². The van der Waals surface area contributed by atoms with Crippen LogP contribution in [0.2, 0.25) is 5.02 Å². The van der Waals surface area contributed by atoms with Gasteiger partial charge in [-0.15, -0.1) is 5.10 Å². The second kappa shape index (κ2) is 8.67. The fourth-order valence-electron chi connectivity index (χ4n) is 4.85. The van der Waals surface area contributed by atoms with Gasteiger partial charge in [-0.05, 0) is 47.9 Å². The molecular formula is C24H26ClN5O3. The predicted molar refractivity (Wildman–Crippen MR) is 124 cm³/mol. The molecular weight excluding hydrogens is 442 g/mol. The van der Waals surface area contributed by atoms with Gasteiger partial charge in [0.25, 0.3) is 11.8 Å². The van der Waals surface area contributed by atoms with Gasteiger partial charge in [0.15, 0.2) is 6.61 Å². The van der Waals surface area contributed by atoms with Gasteiger partial charge in [-0.2, -0.15) is 0 Å². The SMILES string of the molecule is CC(C)c1cc(Cl)ccc1OCC(=O)N1C[C@H]2CN(C(=O)c3ccc4[nH]nnc4c3)C[C@@H]2C1. The van der Waals surface area contributed by atoms with Gasteiger partial charge in [0, 0.05) is 48.6 Å². The third-order valence-corrected chi connectivity index (χ3v) is 6.88. The molecule has 1 N–H and O–H groups in total. The van der Waals surface area contributed by atoms with Gasteiger partial charge in [-0.3, -0.25) is 14.7 Å². The number of hydrogen-bond acceptors (Lipinski definition) is 5. The zero-order valence-electron chi connectivity index (χ0n) is 18.6. The molecule has 0 spiro atoms. The molecule has 8 nitrogen and oxygen atoms in total. The first-order valence-corrected chi connectivity index (χ1v) is 11.6. The Bertz CT molecular complexity index is 1200. The number of hydrogen-bond donors (Lipinski definition) is 1. The van der Waals surface area contributed by atoms with Crippen molar-refractivity contribution in [1.29, 1.82) is 0 Å². The van der Waals surface area contributed by atoms with Crippen LogP contribution in [0.5, 0.6) is 5.75 Å². The van der Waals surface area contributed by atoms with E-state index in [2.05, 4.69) is 29.3 Å². The number of benzene rings is 2. The first-order chi connectivity index (χ1) is 15.9. The smallest absolute Gasteiger partial charge is 0.260 e. The molecule has 2 fully saturated rings. The fourth-order valence-corrected chi connectivity index (χ4v) is 5.03. The number of fused-ring (bicyclic) bond motifs is 2. The molecule has 33 heavy (non-hydrogen) atoms. The zero-order valence-corrected chi connectivity index (χ0v) is 19.4. The number of halogens is 1. The van der Waals surface area contributed by atoms with Gasteiger partial charge in [0.05, 0.1) is 5.52 Å². The Balaban J connectivity index is 1.17. The van der Waals surface area contributed by atoms with E-state index in [4.69, 9.17) is 16.3 Å². The third-order valence-electron chi connectivity index (χ3n) is 6.64. The highest BCUT2D eigenvalue weighted by Gasteiger charge is 2.43. The molecule has 2 saturated heterocycles. The molecule has 1 aromatic heterocycles. The number of nitrogens with one attached hydrogen (secondary N) is 1. The van der Waals surface area contributed by atoms with Gasteiger partial charge >= 0.3 is 0 Å². The van der Waals surface area contributed by atoms with Crippen molar-refractivity contribution in [2.75, 3.05) is 32.8 Å². The summed E-state index contributed by atoms with van der Waals surface area (Å²) in [5.41, 5.74) is 3.09. The van der Waals surface area contributed by atoms with Gasteiger partial charge in [-0.1, -0.05) is 30.7 Å². The molecule has 5 rings (SSSR count). The predicted octanol–water partition coefficient (Wildman–Crippen LogP) is 3.34. The summed E-state index contributed by atoms with van der Waals surface area (Å²) in [5, 5.41) is 11.2. The van der Waals surface area contributed by atoms with Gasteiger partial charge in [-0.25, -0.2) is 0 Å². The number of carbonyl (C=O) groups is 2. The normalized spacial score (nSPS) is 20.0. The lowest BCUT2D eigenvalue weighted by Crippen LogP contribution is -2.37. The van der Waals surface area contributed by atoms with Gasteiger partial charge in [0.1, 0.15) is 11.3 Å². The zero-order chi connectivity index (χ0) is 23.1. The maximum atomic E-state index is 13.0. The molecule has 0 bridgehead atoms. The molecule has 2 aromatic carbocycles. The summed E-state index contributed by atoms with van der Waals surface area (Å²) in [5.74, 6) is 1.49. The molecule has 3 aromatic rings. The molecule has 172 valence electrons. The topological polar surface area (TPSA) is 91.4 Å². The van der Waals surface area contributed by atoms with E-state index < -0.39 is 0 Å². The number of likely N-dealkylation sites (tertiary alicyclic amines) is 2. The van der Waals surface area contributed by atoms with Gasteiger partial charge in [0.2, 0.25) is 0 Å². The minimum atomic E-state index is -0.0246. The van der Waals surface area contributed by atoms with Crippen LogP contribution in [0.4, 0.5) is 0 Å². The lowest BCUT2D eigenvalue weighted by Gasteiger charge is -2.22. The van der Waals surface area contributed by atoms with Crippen molar-refractivity contribution >= 4 is 34.4 Å². The molecule has 2 amide bonds. The van der Waals surface area contributed by atoms with E-state index in [1.807, 2.05) is 28.0 Å². The number of aromatic nitrogens is 3. The molecule has 3 heterocycles. The van der Waals surface area contributed by atoms with Crippen LogP contribution in [0.3, 0.4) is 0 Å². The van der Waals surface area contributed by atoms with Crippen molar-refractivity contribution in [3.8, 4) is 5.75 Å². The summed E-state index contributed by atoms with van der Waals surface area (Å²) in [7, 11) is 0. The first-order valence-electron chi connectivity index (χ1n) is 11.2. The second-order valence-electron chi connectivity index (χ2n) is 9.20. The molecule has 0 aliphatic carbocycles. The minimum absolute atomic E-state index is 0.000497. The number of H-pyrrole nitrogens is 1. The summed E-state index contributed by atoms with van der Waals surface area (Å²) in [6.07, 6.45) is 0. The average Bonchev–Trinajstić information content (AvgIpc) is 3.51. The van der Waals surface area contributed by atoms with E-state index in [0.29, 0.717) is 48.0 Å². The average molecular weight is 468 g/mol. The number of carbonyl (C=O) groups excluding carboxylic acids is 2. The molecule has 0 radical (unpaired) electrons. The maximum absolute atomic E-state index is 13.0. The molecule has 0 unspecified atom stereocenters. The summed E-state index contributed by atoms with van der Waals surface area (Å²) < 4.78 is 5.87. The maximum Gasteiger partial charge on any atom is 0.260 e. The quantitative estimate of drug-likeness (QED) is 0.621. The fraction of sp³-hybridized carbons (Fsp3) is 0.417. The molecule has 9 heteroatoms. The first kappa shape index (κ1) is 21.7. The van der Waals surface area contributed by atoms with Crippen LogP contribution in [0, 0.1) is 11.8 Å². The van der Waals surface area contributed by atoms with E-state index >= 15 is 0 Å². The van der Waals surface area contributed by atoms with Crippen molar-refractivity contribution in [2.45, 2.75) is 19.8 Å². The second-order valence-corrected chi connectivity index (χ2v) is 9.63. The summed E-state index contributed by atoms with van der Waals surface area (Å²) >= 11 is 6.11. The molecule has 2 aliphatic heterocycles. The highest BCUT2D eigenvalue weighted by Crippen LogP contribution is 2.33. The highest BCUT2D eigenvalue weighted by molar-refractivity contribution is 6.30. The van der Waals surface area contributed by atoms with E-state index in [9.17, 15) is 9.59 Å². The highest BCUT2D eigenvalue weighted by atomic mass is 35.5. The molecule has 0 saturated carbocycles. The number of ether oxygens (including phenoxy) is 1. The Hall–Kier alpha value is -3.13. The van der Waals surface area contributed by atoms with Crippen molar-refractivity contribution < 1.29 is 14.3 Å². The van der Waals surface area contributed by atoms with Crippen molar-refractivity contribution in [2.24, 2.45) is 11.8 Å². The van der Waals surface area contributed by atoms with E-state index in [0.717, 1.165) is 11.1 Å². The van der Waals surface area contributed by atoms with Crippen LogP contribution in [0.1, 0.15) is 35.7 Å². The Kier molecular flexibility index (Phi) is 5.70. The number of rotatable bonds is 5. The largest absolute Gasteiger partial charge is 0.483 e. The van der Waals surface area contributed by atoms with Crippen LogP contribution < -0.4 is 4.74 Å². The Labute approximate surface area is 196 Å². The van der Waals surface area contributed by atoms with Crippen molar-refractivity contribution in [3.63, 3.8) is 0 Å². The van der Waals surface area contributed by atoms with Crippen LogP contribution in [-0.2, 0) is 4.79 Å². The summed E-state index contributed by atoms with van der Waals surface area (Å²) in [6, 6.07) is 10.9. The Morgan fingerprint density at radius 1 is 1.09 bits per heavy atom. The Morgan fingerprint density at radius 3 is 2.55 bits per heavy atom.